The number of rotatable bonds is 11. The number of amides is 1. The van der Waals surface area contributed by atoms with E-state index in [9.17, 15) is 18.0 Å². The van der Waals surface area contributed by atoms with Gasteiger partial charge in [-0.1, -0.05) is 18.6 Å². The lowest BCUT2D eigenvalue weighted by Gasteiger charge is -2.25. The van der Waals surface area contributed by atoms with Crippen LogP contribution in [0.5, 0.6) is 0 Å². The van der Waals surface area contributed by atoms with Crippen LogP contribution in [0.1, 0.15) is 38.2 Å². The largest absolute Gasteiger partial charge is 0.465 e. The van der Waals surface area contributed by atoms with Crippen LogP contribution in [-0.2, 0) is 35.5 Å². The molecule has 168 valence electrons. The predicted molar refractivity (Wildman–Crippen MR) is 112 cm³/mol. The molecule has 0 radical (unpaired) electrons. The standard InChI is InChI=1S/C21H32N2O6S/c1-3-29-21(25)17-22(15-16-28-2)20(24)12-9-18-7-10-19(11-8-18)30(26,27)23-13-5-4-6-14-23/h7-8,10-11H,3-6,9,12-17H2,1-2H3. The van der Waals surface area contributed by atoms with Gasteiger partial charge in [0.2, 0.25) is 15.9 Å². The van der Waals surface area contributed by atoms with Gasteiger partial charge in [-0.3, -0.25) is 9.59 Å². The van der Waals surface area contributed by atoms with E-state index in [1.807, 2.05) is 0 Å². The van der Waals surface area contributed by atoms with Crippen molar-refractivity contribution in [3.63, 3.8) is 0 Å². The summed E-state index contributed by atoms with van der Waals surface area (Å²) in [6.07, 6.45) is 3.52. The lowest BCUT2D eigenvalue weighted by atomic mass is 10.1. The fraction of sp³-hybridized carbons (Fsp3) is 0.619. The van der Waals surface area contributed by atoms with E-state index in [0.29, 0.717) is 32.7 Å². The summed E-state index contributed by atoms with van der Waals surface area (Å²) in [5, 5.41) is 0. The Balaban J connectivity index is 1.95. The van der Waals surface area contributed by atoms with Crippen LogP contribution in [0.4, 0.5) is 0 Å². The molecule has 1 aromatic carbocycles. The van der Waals surface area contributed by atoms with Crippen LogP contribution in [0.25, 0.3) is 0 Å². The third-order valence-corrected chi connectivity index (χ3v) is 6.96. The predicted octanol–water partition coefficient (Wildman–Crippen LogP) is 1.83. The second kappa shape index (κ2) is 12.0. The molecule has 1 heterocycles. The highest BCUT2D eigenvalue weighted by Crippen LogP contribution is 2.21. The van der Waals surface area contributed by atoms with Gasteiger partial charge >= 0.3 is 5.97 Å². The molecule has 1 aliphatic heterocycles. The molecule has 9 heteroatoms. The van der Waals surface area contributed by atoms with Gasteiger partial charge in [0.15, 0.2) is 0 Å². The second-order valence-electron chi connectivity index (χ2n) is 7.22. The van der Waals surface area contributed by atoms with Crippen molar-refractivity contribution in [2.45, 2.75) is 43.9 Å². The highest BCUT2D eigenvalue weighted by molar-refractivity contribution is 7.89. The Kier molecular flexibility index (Phi) is 9.74. The number of methoxy groups -OCH3 is 1. The smallest absolute Gasteiger partial charge is 0.325 e. The minimum atomic E-state index is -3.46. The lowest BCUT2D eigenvalue weighted by Crippen LogP contribution is -2.38. The second-order valence-corrected chi connectivity index (χ2v) is 9.16. The van der Waals surface area contributed by atoms with E-state index in [1.54, 1.807) is 31.2 Å². The van der Waals surface area contributed by atoms with Crippen LogP contribution in [0.2, 0.25) is 0 Å². The van der Waals surface area contributed by atoms with Crippen LogP contribution < -0.4 is 0 Å². The number of carbonyl (C=O) groups is 2. The van der Waals surface area contributed by atoms with E-state index in [4.69, 9.17) is 9.47 Å². The normalized spacial score (nSPS) is 15.0. The van der Waals surface area contributed by atoms with Crippen molar-refractivity contribution in [1.29, 1.82) is 0 Å². The maximum Gasteiger partial charge on any atom is 0.325 e. The van der Waals surface area contributed by atoms with Crippen LogP contribution in [0.15, 0.2) is 29.2 Å². The summed E-state index contributed by atoms with van der Waals surface area (Å²) >= 11 is 0. The zero-order valence-corrected chi connectivity index (χ0v) is 18.7. The Hall–Kier alpha value is -1.97. The summed E-state index contributed by atoms with van der Waals surface area (Å²) in [6, 6.07) is 6.69. The number of sulfonamides is 1. The fourth-order valence-electron chi connectivity index (χ4n) is 3.35. The zero-order chi connectivity index (χ0) is 22.0. The molecule has 1 fully saturated rings. The lowest BCUT2D eigenvalue weighted by molar-refractivity contribution is -0.149. The van der Waals surface area contributed by atoms with Gasteiger partial charge in [0, 0.05) is 33.2 Å². The number of aryl methyl sites for hydroxylation is 1. The van der Waals surface area contributed by atoms with Crippen molar-refractivity contribution in [1.82, 2.24) is 9.21 Å². The summed E-state index contributed by atoms with van der Waals surface area (Å²) in [6.45, 7) is 3.64. The highest BCUT2D eigenvalue weighted by atomic mass is 32.2. The van der Waals surface area contributed by atoms with Crippen molar-refractivity contribution in [2.24, 2.45) is 0 Å². The molecule has 0 aliphatic carbocycles. The molecular formula is C21H32N2O6S. The van der Waals surface area contributed by atoms with Crippen LogP contribution in [-0.4, -0.2) is 76.0 Å². The topological polar surface area (TPSA) is 93.2 Å². The molecular weight excluding hydrogens is 408 g/mol. The van der Waals surface area contributed by atoms with Crippen molar-refractivity contribution < 1.29 is 27.5 Å². The molecule has 1 aliphatic rings. The third-order valence-electron chi connectivity index (χ3n) is 5.05. The number of carbonyl (C=O) groups excluding carboxylic acids is 2. The van der Waals surface area contributed by atoms with Crippen molar-refractivity contribution in [3.05, 3.63) is 29.8 Å². The van der Waals surface area contributed by atoms with Gasteiger partial charge in [0.1, 0.15) is 6.54 Å². The zero-order valence-electron chi connectivity index (χ0n) is 17.8. The van der Waals surface area contributed by atoms with Crippen molar-refractivity contribution in [3.8, 4) is 0 Å². The summed E-state index contributed by atoms with van der Waals surface area (Å²) in [5.41, 5.74) is 0.865. The maximum absolute atomic E-state index is 12.7. The number of benzene rings is 1. The number of ether oxygens (including phenoxy) is 2. The molecule has 2 rings (SSSR count). The minimum Gasteiger partial charge on any atom is -0.465 e. The first kappa shape index (κ1) is 24.3. The molecule has 0 aromatic heterocycles. The molecule has 0 atom stereocenters. The summed E-state index contributed by atoms with van der Waals surface area (Å²) in [4.78, 5) is 26.0. The molecule has 0 N–H and O–H groups in total. The van der Waals surface area contributed by atoms with E-state index in [-0.39, 0.29) is 30.4 Å². The molecule has 30 heavy (non-hydrogen) atoms. The van der Waals surface area contributed by atoms with Crippen molar-refractivity contribution >= 4 is 21.9 Å². The maximum atomic E-state index is 12.7. The van der Waals surface area contributed by atoms with E-state index < -0.39 is 16.0 Å². The number of piperidine rings is 1. The van der Waals surface area contributed by atoms with Crippen LogP contribution in [0.3, 0.4) is 0 Å². The van der Waals surface area contributed by atoms with Gasteiger partial charge in [0.25, 0.3) is 0 Å². The van der Waals surface area contributed by atoms with E-state index >= 15 is 0 Å². The number of hydrogen-bond acceptors (Lipinski definition) is 6. The molecule has 0 unspecified atom stereocenters. The monoisotopic (exact) mass is 440 g/mol. The number of esters is 1. The number of nitrogens with zero attached hydrogens (tertiary/aromatic N) is 2. The highest BCUT2D eigenvalue weighted by Gasteiger charge is 2.25. The summed E-state index contributed by atoms with van der Waals surface area (Å²) in [5.74, 6) is -0.626. The molecule has 0 saturated carbocycles. The SMILES string of the molecule is CCOC(=O)CN(CCOC)C(=O)CCc1ccc(S(=O)(=O)N2CCCCC2)cc1. The average Bonchev–Trinajstić information content (AvgIpc) is 2.76. The Labute approximate surface area is 179 Å². The molecule has 0 spiro atoms. The Morgan fingerprint density at radius 3 is 2.37 bits per heavy atom. The van der Waals surface area contributed by atoms with Crippen LogP contribution in [0, 0.1) is 0 Å². The van der Waals surface area contributed by atoms with Gasteiger partial charge in [0.05, 0.1) is 18.1 Å². The van der Waals surface area contributed by atoms with Gasteiger partial charge in [-0.15, -0.1) is 0 Å². The Bertz CT molecular complexity index is 788. The molecule has 1 amide bonds. The van der Waals surface area contributed by atoms with Crippen molar-refractivity contribution in [2.75, 3.05) is 46.5 Å². The Morgan fingerprint density at radius 1 is 1.10 bits per heavy atom. The Morgan fingerprint density at radius 2 is 1.77 bits per heavy atom. The van der Waals surface area contributed by atoms with Crippen LogP contribution >= 0.6 is 0 Å². The number of hydrogen-bond donors (Lipinski definition) is 0. The quantitative estimate of drug-likeness (QED) is 0.488. The fourth-order valence-corrected chi connectivity index (χ4v) is 4.86. The van der Waals surface area contributed by atoms with Gasteiger partial charge in [-0.2, -0.15) is 4.31 Å². The minimum absolute atomic E-state index is 0.108. The first-order valence-electron chi connectivity index (χ1n) is 10.4. The first-order valence-corrected chi connectivity index (χ1v) is 11.8. The van der Waals surface area contributed by atoms with Gasteiger partial charge in [-0.05, 0) is 43.9 Å². The van der Waals surface area contributed by atoms with Gasteiger partial charge in [-0.25, -0.2) is 8.42 Å². The molecule has 0 bridgehead atoms. The third kappa shape index (κ3) is 7.07. The first-order chi connectivity index (χ1) is 14.4. The molecule has 1 saturated heterocycles. The van der Waals surface area contributed by atoms with Gasteiger partial charge < -0.3 is 14.4 Å². The summed E-state index contributed by atoms with van der Waals surface area (Å²) in [7, 11) is -1.93. The molecule has 1 aromatic rings. The summed E-state index contributed by atoms with van der Waals surface area (Å²) < 4.78 is 36.9. The van der Waals surface area contributed by atoms with E-state index in [0.717, 1.165) is 24.8 Å². The van der Waals surface area contributed by atoms with E-state index in [2.05, 4.69) is 0 Å². The van der Waals surface area contributed by atoms with E-state index in [1.165, 1.54) is 16.3 Å². The average molecular weight is 441 g/mol. The molecule has 8 nitrogen and oxygen atoms in total.